The largest absolute Gasteiger partial charge is 0.436 e. The Bertz CT molecular complexity index is 677. The molecular weight excluding hydrogens is 277 g/mol. The Labute approximate surface area is 120 Å². The van der Waals surface area contributed by atoms with E-state index < -0.39 is 10.7 Å². The average Bonchev–Trinajstić information content (AvgIpc) is 2.44. The second kappa shape index (κ2) is 6.27. The summed E-state index contributed by atoms with van der Waals surface area (Å²) >= 11 is 0. The number of aromatic nitrogens is 1. The van der Waals surface area contributed by atoms with Crippen molar-refractivity contribution in [1.82, 2.24) is 10.3 Å². The first-order chi connectivity index (χ1) is 10.0. The maximum absolute atomic E-state index is 13.9. The zero-order valence-electron chi connectivity index (χ0n) is 11.6. The van der Waals surface area contributed by atoms with Crippen LogP contribution in [0, 0.1) is 22.9 Å². The Kier molecular flexibility index (Phi) is 4.44. The maximum Gasteiger partial charge on any atom is 0.275 e. The molecule has 1 N–H and O–H groups in total. The molecule has 0 amide bonds. The Balaban J connectivity index is 2.36. The van der Waals surface area contributed by atoms with Crippen LogP contribution in [0.4, 0.5) is 10.1 Å². The van der Waals surface area contributed by atoms with E-state index in [-0.39, 0.29) is 17.3 Å². The van der Waals surface area contributed by atoms with Crippen LogP contribution in [0.15, 0.2) is 30.5 Å². The zero-order valence-corrected chi connectivity index (χ0v) is 11.6. The summed E-state index contributed by atoms with van der Waals surface area (Å²) in [5.74, 6) is -0.624. The van der Waals surface area contributed by atoms with Gasteiger partial charge in [0.1, 0.15) is 0 Å². The minimum atomic E-state index is -0.798. The van der Waals surface area contributed by atoms with Gasteiger partial charge in [-0.05, 0) is 26.1 Å². The number of hydrogen-bond acceptors (Lipinski definition) is 5. The first-order valence-electron chi connectivity index (χ1n) is 6.23. The highest BCUT2D eigenvalue weighted by Crippen LogP contribution is 2.30. The fraction of sp³-hybridized carbons (Fsp3) is 0.214. The third kappa shape index (κ3) is 3.32. The van der Waals surface area contributed by atoms with Gasteiger partial charge in [0, 0.05) is 23.9 Å². The van der Waals surface area contributed by atoms with Crippen LogP contribution in [0.3, 0.4) is 0 Å². The van der Waals surface area contributed by atoms with Gasteiger partial charge in [0.05, 0.1) is 11.0 Å². The highest BCUT2D eigenvalue weighted by atomic mass is 19.1. The number of halogens is 1. The van der Waals surface area contributed by atoms with Crippen LogP contribution in [-0.2, 0) is 6.54 Å². The van der Waals surface area contributed by atoms with E-state index in [0.29, 0.717) is 12.1 Å². The van der Waals surface area contributed by atoms with Gasteiger partial charge in [0.15, 0.2) is 11.6 Å². The van der Waals surface area contributed by atoms with E-state index in [9.17, 15) is 14.5 Å². The molecule has 110 valence electrons. The summed E-state index contributed by atoms with van der Waals surface area (Å²) in [6, 6.07) is 5.70. The lowest BCUT2D eigenvalue weighted by atomic mass is 10.2. The van der Waals surface area contributed by atoms with Crippen molar-refractivity contribution >= 4 is 5.69 Å². The summed E-state index contributed by atoms with van der Waals surface area (Å²) < 4.78 is 19.4. The molecule has 6 nitrogen and oxygen atoms in total. The third-order valence-corrected chi connectivity index (χ3v) is 2.87. The van der Waals surface area contributed by atoms with Crippen molar-refractivity contribution in [2.24, 2.45) is 0 Å². The Morgan fingerprint density at radius 1 is 1.48 bits per heavy atom. The quantitative estimate of drug-likeness (QED) is 0.677. The van der Waals surface area contributed by atoms with Gasteiger partial charge in [0.2, 0.25) is 5.88 Å². The van der Waals surface area contributed by atoms with Crippen molar-refractivity contribution in [2.45, 2.75) is 13.5 Å². The van der Waals surface area contributed by atoms with Crippen LogP contribution < -0.4 is 10.1 Å². The van der Waals surface area contributed by atoms with Crippen LogP contribution in [0.5, 0.6) is 11.6 Å². The monoisotopic (exact) mass is 291 g/mol. The summed E-state index contributed by atoms with van der Waals surface area (Å²) in [5, 5.41) is 13.7. The molecule has 0 aliphatic rings. The van der Waals surface area contributed by atoms with Gasteiger partial charge < -0.3 is 10.1 Å². The predicted molar refractivity (Wildman–Crippen MR) is 74.9 cm³/mol. The molecular formula is C14H14FN3O3. The number of aryl methyl sites for hydroxylation is 1. The molecule has 21 heavy (non-hydrogen) atoms. The van der Waals surface area contributed by atoms with E-state index in [1.54, 1.807) is 19.2 Å². The van der Waals surface area contributed by atoms with Crippen LogP contribution in [0.2, 0.25) is 0 Å². The van der Waals surface area contributed by atoms with Gasteiger partial charge in [0.25, 0.3) is 5.69 Å². The summed E-state index contributed by atoms with van der Waals surface area (Å²) in [4.78, 5) is 14.2. The molecule has 0 aliphatic carbocycles. The van der Waals surface area contributed by atoms with E-state index in [2.05, 4.69) is 10.3 Å². The maximum atomic E-state index is 13.9. The Hall–Kier alpha value is -2.54. The van der Waals surface area contributed by atoms with E-state index in [1.165, 1.54) is 19.2 Å². The summed E-state index contributed by atoms with van der Waals surface area (Å²) in [6.45, 7) is 2.04. The van der Waals surface area contributed by atoms with Gasteiger partial charge in [-0.15, -0.1) is 0 Å². The van der Waals surface area contributed by atoms with E-state index in [4.69, 9.17) is 4.74 Å². The zero-order chi connectivity index (χ0) is 15.4. The molecule has 0 unspecified atom stereocenters. The van der Waals surface area contributed by atoms with E-state index >= 15 is 0 Å². The number of nitrogens with zero attached hydrogens (tertiary/aromatic N) is 2. The van der Waals surface area contributed by atoms with E-state index in [0.717, 1.165) is 11.6 Å². The molecule has 0 spiro atoms. The highest BCUT2D eigenvalue weighted by Gasteiger charge is 2.17. The van der Waals surface area contributed by atoms with Gasteiger partial charge in [-0.2, -0.15) is 0 Å². The first kappa shape index (κ1) is 14.9. The third-order valence-electron chi connectivity index (χ3n) is 2.87. The van der Waals surface area contributed by atoms with Gasteiger partial charge in [-0.1, -0.05) is 6.07 Å². The Morgan fingerprint density at radius 2 is 2.24 bits per heavy atom. The lowest BCUT2D eigenvalue weighted by Gasteiger charge is -2.10. The van der Waals surface area contributed by atoms with E-state index in [1.807, 2.05) is 0 Å². The van der Waals surface area contributed by atoms with Crippen LogP contribution >= 0.6 is 0 Å². The molecule has 2 aromatic rings. The second-order valence-electron chi connectivity index (χ2n) is 4.43. The molecule has 0 atom stereocenters. The number of nitro groups is 1. The minimum Gasteiger partial charge on any atom is -0.436 e. The normalized spacial score (nSPS) is 10.4. The van der Waals surface area contributed by atoms with Gasteiger partial charge in [-0.25, -0.2) is 9.37 Å². The summed E-state index contributed by atoms with van der Waals surface area (Å²) in [6.07, 6.45) is 1.53. The topological polar surface area (TPSA) is 77.3 Å². The highest BCUT2D eigenvalue weighted by molar-refractivity contribution is 5.46. The van der Waals surface area contributed by atoms with Crippen molar-refractivity contribution in [2.75, 3.05) is 7.05 Å². The molecule has 1 aromatic heterocycles. The smallest absolute Gasteiger partial charge is 0.275 e. The van der Waals surface area contributed by atoms with Crippen molar-refractivity contribution in [1.29, 1.82) is 0 Å². The fourth-order valence-corrected chi connectivity index (χ4v) is 1.86. The molecule has 0 bridgehead atoms. The molecule has 7 heteroatoms. The van der Waals surface area contributed by atoms with Crippen molar-refractivity contribution in [3.05, 3.63) is 57.5 Å². The molecule has 0 radical (unpaired) electrons. The SMILES string of the molecule is CNCc1cccnc1Oc1cc(C)c([N+](=O)[O-])cc1F. The molecule has 1 heterocycles. The van der Waals surface area contributed by atoms with Crippen molar-refractivity contribution < 1.29 is 14.1 Å². The second-order valence-corrected chi connectivity index (χ2v) is 4.43. The van der Waals surface area contributed by atoms with Crippen LogP contribution in [0.25, 0.3) is 0 Å². The fourth-order valence-electron chi connectivity index (χ4n) is 1.86. The number of pyridine rings is 1. The molecule has 1 aromatic carbocycles. The Morgan fingerprint density at radius 3 is 2.90 bits per heavy atom. The van der Waals surface area contributed by atoms with Gasteiger partial charge >= 0.3 is 0 Å². The lowest BCUT2D eigenvalue weighted by Crippen LogP contribution is -2.07. The minimum absolute atomic E-state index is 0.0887. The lowest BCUT2D eigenvalue weighted by molar-refractivity contribution is -0.385. The number of ether oxygens (including phenoxy) is 1. The first-order valence-corrected chi connectivity index (χ1v) is 6.23. The number of rotatable bonds is 5. The number of hydrogen-bond donors (Lipinski definition) is 1. The predicted octanol–water partition coefficient (Wildman–Crippen LogP) is 2.95. The number of nitrogens with one attached hydrogen (secondary N) is 1. The van der Waals surface area contributed by atoms with Gasteiger partial charge in [-0.3, -0.25) is 10.1 Å². The molecule has 0 aliphatic heterocycles. The van der Waals surface area contributed by atoms with Crippen molar-refractivity contribution in [3.8, 4) is 11.6 Å². The standard InChI is InChI=1S/C14H14FN3O3/c1-9-6-13(11(15)7-12(9)18(19)20)21-14-10(8-16-2)4-3-5-17-14/h3-7,16H,8H2,1-2H3. The average molecular weight is 291 g/mol. The molecule has 0 fully saturated rings. The number of benzene rings is 1. The van der Waals surface area contributed by atoms with Crippen LogP contribution in [0.1, 0.15) is 11.1 Å². The molecule has 2 rings (SSSR count). The van der Waals surface area contributed by atoms with Crippen molar-refractivity contribution in [3.63, 3.8) is 0 Å². The summed E-state index contributed by atoms with van der Waals surface area (Å²) in [5.41, 5.74) is 0.800. The summed E-state index contributed by atoms with van der Waals surface area (Å²) in [7, 11) is 1.77. The van der Waals surface area contributed by atoms with Crippen LogP contribution in [-0.4, -0.2) is 17.0 Å². The number of nitro benzene ring substituents is 1. The molecule has 0 saturated carbocycles. The molecule has 0 saturated heterocycles.